The van der Waals surface area contributed by atoms with Crippen LogP contribution in [0.4, 0.5) is 0 Å². The highest BCUT2D eigenvalue weighted by Gasteiger charge is 2.54. The molecule has 1 atom stereocenters. The van der Waals surface area contributed by atoms with Crippen LogP contribution in [0.2, 0.25) is 0 Å². The lowest BCUT2D eigenvalue weighted by Crippen LogP contribution is -2.49. The Morgan fingerprint density at radius 1 is 1.20 bits per heavy atom. The first-order valence-corrected chi connectivity index (χ1v) is 9.11. The maximum Gasteiger partial charge on any atom is 0.316 e. The fraction of sp³-hybridized carbons (Fsp3) is 0.667. The lowest BCUT2D eigenvalue weighted by molar-refractivity contribution is -0.152. The minimum absolute atomic E-state index is 0.0216. The van der Waals surface area contributed by atoms with Crippen LogP contribution in [0.5, 0.6) is 6.01 Å². The summed E-state index contributed by atoms with van der Waals surface area (Å²) >= 11 is 0. The van der Waals surface area contributed by atoms with Crippen LogP contribution >= 0.6 is 0 Å². The number of hydrogen-bond acceptors (Lipinski definition) is 6. The van der Waals surface area contributed by atoms with E-state index in [0.717, 1.165) is 38.5 Å². The molecule has 2 aliphatic heterocycles. The minimum atomic E-state index is -0.528. The van der Waals surface area contributed by atoms with Crippen LogP contribution in [0.1, 0.15) is 44.9 Å². The van der Waals surface area contributed by atoms with Crippen LogP contribution in [0.15, 0.2) is 18.5 Å². The number of carbonyl (C=O) groups is 2. The van der Waals surface area contributed by atoms with Crippen molar-refractivity contribution in [1.82, 2.24) is 14.9 Å². The number of piperidine rings is 1. The van der Waals surface area contributed by atoms with Gasteiger partial charge < -0.3 is 14.4 Å². The van der Waals surface area contributed by atoms with Crippen molar-refractivity contribution in [3.8, 4) is 6.01 Å². The number of rotatable bonds is 3. The normalized spacial score (nSPS) is 26.0. The molecular formula is C18H23N3O4. The maximum atomic E-state index is 13.0. The van der Waals surface area contributed by atoms with Crippen LogP contribution in [0, 0.1) is 5.92 Å². The van der Waals surface area contributed by atoms with E-state index in [1.807, 2.05) is 4.90 Å². The van der Waals surface area contributed by atoms with Gasteiger partial charge in [0.25, 0.3) is 0 Å². The molecule has 1 amide bonds. The number of nitrogens with zero attached hydrogens (tertiary/aromatic N) is 3. The smallest absolute Gasteiger partial charge is 0.316 e. The molecule has 1 aromatic rings. The summed E-state index contributed by atoms with van der Waals surface area (Å²) < 4.78 is 11.4. The predicted molar refractivity (Wildman–Crippen MR) is 87.7 cm³/mol. The van der Waals surface area contributed by atoms with E-state index >= 15 is 0 Å². The van der Waals surface area contributed by atoms with E-state index in [1.165, 1.54) is 0 Å². The maximum absolute atomic E-state index is 13.0. The Balaban J connectivity index is 1.36. The van der Waals surface area contributed by atoms with Crippen LogP contribution in [-0.2, 0) is 14.3 Å². The van der Waals surface area contributed by atoms with Gasteiger partial charge in [-0.25, -0.2) is 9.97 Å². The van der Waals surface area contributed by atoms with Crippen molar-refractivity contribution >= 4 is 11.9 Å². The Morgan fingerprint density at radius 3 is 2.56 bits per heavy atom. The van der Waals surface area contributed by atoms with Crippen molar-refractivity contribution in [3.63, 3.8) is 0 Å². The van der Waals surface area contributed by atoms with E-state index in [9.17, 15) is 9.59 Å². The summed E-state index contributed by atoms with van der Waals surface area (Å²) in [6.07, 6.45) is 8.75. The van der Waals surface area contributed by atoms with Gasteiger partial charge in [-0.15, -0.1) is 0 Å². The van der Waals surface area contributed by atoms with Gasteiger partial charge in [0.15, 0.2) is 0 Å². The van der Waals surface area contributed by atoms with E-state index in [2.05, 4.69) is 9.97 Å². The molecule has 1 aromatic heterocycles. The summed E-state index contributed by atoms with van der Waals surface area (Å²) in [4.78, 5) is 34.9. The lowest BCUT2D eigenvalue weighted by Gasteiger charge is -2.36. The fourth-order valence-corrected chi connectivity index (χ4v) is 4.34. The second-order valence-corrected chi connectivity index (χ2v) is 7.18. The van der Waals surface area contributed by atoms with Gasteiger partial charge in [-0.05, 0) is 31.7 Å². The summed E-state index contributed by atoms with van der Waals surface area (Å²) in [5.41, 5.74) is -0.528. The van der Waals surface area contributed by atoms with Gasteiger partial charge in [0.1, 0.15) is 11.7 Å². The standard InChI is InChI=1S/C18H23N3O4/c22-15-12-14(18(25-15)6-1-2-7-18)16(23)21-10-4-13(5-11-21)24-17-19-8-3-9-20-17/h3,8-9,13-14H,1-2,4-7,10-12H2. The molecule has 0 bridgehead atoms. The Hall–Kier alpha value is -2.18. The highest BCUT2D eigenvalue weighted by molar-refractivity contribution is 5.88. The van der Waals surface area contributed by atoms with E-state index in [1.54, 1.807) is 18.5 Å². The Bertz CT molecular complexity index is 637. The van der Waals surface area contributed by atoms with E-state index in [-0.39, 0.29) is 30.3 Å². The molecule has 1 saturated carbocycles. The number of hydrogen-bond donors (Lipinski definition) is 0. The molecule has 1 unspecified atom stereocenters. The molecule has 7 nitrogen and oxygen atoms in total. The minimum Gasteiger partial charge on any atom is -0.460 e. The average molecular weight is 345 g/mol. The molecule has 0 N–H and O–H groups in total. The summed E-state index contributed by atoms with van der Waals surface area (Å²) in [6, 6.07) is 2.13. The highest BCUT2D eigenvalue weighted by Crippen LogP contribution is 2.46. The van der Waals surface area contributed by atoms with Gasteiger partial charge in [-0.1, -0.05) is 0 Å². The number of carbonyl (C=O) groups excluding carboxylic acids is 2. The number of likely N-dealkylation sites (tertiary alicyclic amines) is 1. The SMILES string of the molecule is O=C1CC(C(=O)N2CCC(Oc3ncccn3)CC2)C2(CCCC2)O1. The van der Waals surface area contributed by atoms with Crippen LogP contribution in [0.3, 0.4) is 0 Å². The molecule has 0 radical (unpaired) electrons. The third-order valence-corrected chi connectivity index (χ3v) is 5.64. The van der Waals surface area contributed by atoms with Crippen molar-refractivity contribution in [3.05, 3.63) is 18.5 Å². The van der Waals surface area contributed by atoms with Gasteiger partial charge in [0.2, 0.25) is 5.91 Å². The summed E-state index contributed by atoms with van der Waals surface area (Å²) in [5.74, 6) is -0.459. The zero-order chi connectivity index (χ0) is 17.3. The van der Waals surface area contributed by atoms with Gasteiger partial charge in [-0.2, -0.15) is 0 Å². The number of aromatic nitrogens is 2. The third-order valence-electron chi connectivity index (χ3n) is 5.64. The molecule has 3 fully saturated rings. The molecule has 2 saturated heterocycles. The molecule has 4 rings (SSSR count). The molecule has 0 aromatic carbocycles. The van der Waals surface area contributed by atoms with Crippen molar-refractivity contribution in [2.75, 3.05) is 13.1 Å². The molecule has 7 heteroatoms. The van der Waals surface area contributed by atoms with Crippen LogP contribution in [0.25, 0.3) is 0 Å². The molecular weight excluding hydrogens is 322 g/mol. The third kappa shape index (κ3) is 3.19. The predicted octanol–water partition coefficient (Wildman–Crippen LogP) is 1.72. The Labute approximate surface area is 146 Å². The largest absolute Gasteiger partial charge is 0.460 e. The van der Waals surface area contributed by atoms with Gasteiger partial charge in [0.05, 0.1) is 12.3 Å². The Morgan fingerprint density at radius 2 is 1.88 bits per heavy atom. The molecule has 134 valence electrons. The van der Waals surface area contributed by atoms with Crippen molar-refractivity contribution in [1.29, 1.82) is 0 Å². The molecule has 3 aliphatic rings. The average Bonchev–Trinajstić information content (AvgIpc) is 3.23. The monoisotopic (exact) mass is 345 g/mol. The van der Waals surface area contributed by atoms with Gasteiger partial charge in [-0.3, -0.25) is 9.59 Å². The number of ether oxygens (including phenoxy) is 2. The first-order chi connectivity index (χ1) is 12.2. The molecule has 25 heavy (non-hydrogen) atoms. The van der Waals surface area contributed by atoms with E-state index in [4.69, 9.17) is 9.47 Å². The summed E-state index contributed by atoms with van der Waals surface area (Å²) in [5, 5.41) is 0. The van der Waals surface area contributed by atoms with Gasteiger partial charge in [0, 0.05) is 38.3 Å². The first-order valence-electron chi connectivity index (χ1n) is 9.11. The van der Waals surface area contributed by atoms with Crippen LogP contribution in [-0.4, -0.2) is 51.5 Å². The summed E-state index contributed by atoms with van der Waals surface area (Å²) in [7, 11) is 0. The zero-order valence-electron chi connectivity index (χ0n) is 14.2. The Kier molecular flexibility index (Phi) is 4.31. The van der Waals surface area contributed by atoms with E-state index < -0.39 is 5.60 Å². The number of esters is 1. The first kappa shape index (κ1) is 16.3. The summed E-state index contributed by atoms with van der Waals surface area (Å²) in [6.45, 7) is 1.27. The van der Waals surface area contributed by atoms with Gasteiger partial charge >= 0.3 is 12.0 Å². The fourth-order valence-electron chi connectivity index (χ4n) is 4.34. The number of amides is 1. The van der Waals surface area contributed by atoms with Crippen molar-refractivity contribution in [2.45, 2.75) is 56.7 Å². The topological polar surface area (TPSA) is 81.6 Å². The second-order valence-electron chi connectivity index (χ2n) is 7.18. The van der Waals surface area contributed by atoms with Crippen molar-refractivity contribution < 1.29 is 19.1 Å². The second kappa shape index (κ2) is 6.61. The highest BCUT2D eigenvalue weighted by atomic mass is 16.6. The van der Waals surface area contributed by atoms with Crippen LogP contribution < -0.4 is 4.74 Å². The molecule has 1 aliphatic carbocycles. The quantitative estimate of drug-likeness (QED) is 0.776. The molecule has 1 spiro atoms. The lowest BCUT2D eigenvalue weighted by atomic mass is 9.84. The zero-order valence-corrected chi connectivity index (χ0v) is 14.2. The van der Waals surface area contributed by atoms with Crippen molar-refractivity contribution in [2.24, 2.45) is 5.92 Å². The van der Waals surface area contributed by atoms with E-state index in [0.29, 0.717) is 19.1 Å². The molecule has 3 heterocycles.